The molecule has 0 saturated carbocycles. The van der Waals surface area contributed by atoms with E-state index in [1.165, 1.54) is 17.2 Å². The lowest BCUT2D eigenvalue weighted by Gasteiger charge is -2.27. The Morgan fingerprint density at radius 2 is 2.08 bits per heavy atom. The highest BCUT2D eigenvalue weighted by atomic mass is 16.5. The smallest absolute Gasteiger partial charge is 0.374 e. The summed E-state index contributed by atoms with van der Waals surface area (Å²) in [5.74, 6) is -1.26. The molecule has 0 radical (unpaired) electrons. The number of fused-ring (bicyclic) bond motifs is 1. The van der Waals surface area contributed by atoms with Gasteiger partial charge in [-0.3, -0.25) is 9.59 Å². The van der Waals surface area contributed by atoms with E-state index >= 15 is 0 Å². The van der Waals surface area contributed by atoms with Crippen LogP contribution in [0.15, 0.2) is 47.1 Å². The number of amides is 2. The fourth-order valence-electron chi connectivity index (χ4n) is 2.63. The van der Waals surface area contributed by atoms with Gasteiger partial charge in [0, 0.05) is 12.5 Å². The van der Waals surface area contributed by atoms with Crippen LogP contribution in [0.1, 0.15) is 23.9 Å². The lowest BCUT2D eigenvalue weighted by Crippen LogP contribution is -2.41. The Balaban J connectivity index is 1.78. The van der Waals surface area contributed by atoms with E-state index in [4.69, 9.17) is 9.15 Å². The van der Waals surface area contributed by atoms with E-state index in [0.717, 1.165) is 0 Å². The molecule has 7 nitrogen and oxygen atoms in total. The lowest BCUT2D eigenvalue weighted by atomic mass is 10.1. The third-order valence-corrected chi connectivity index (χ3v) is 3.68. The SMILES string of the molecule is C[C@@H]1CC(=O)Nc2ccccc2N1C(=O)COC(=O)c1ccco1. The Kier molecular flexibility index (Phi) is 4.33. The van der Waals surface area contributed by atoms with Crippen LogP contribution in [0.4, 0.5) is 11.4 Å². The van der Waals surface area contributed by atoms with Crippen molar-refractivity contribution in [3.8, 4) is 0 Å². The monoisotopic (exact) mass is 328 g/mol. The van der Waals surface area contributed by atoms with Gasteiger partial charge in [0.2, 0.25) is 11.7 Å². The predicted octanol–water partition coefficient (Wildman–Crippen LogP) is 2.20. The zero-order valence-electron chi connectivity index (χ0n) is 13.0. The van der Waals surface area contributed by atoms with Crippen LogP contribution in [-0.2, 0) is 14.3 Å². The van der Waals surface area contributed by atoms with Crippen LogP contribution < -0.4 is 10.2 Å². The average Bonchev–Trinajstić information content (AvgIpc) is 3.04. The van der Waals surface area contributed by atoms with Gasteiger partial charge in [-0.15, -0.1) is 0 Å². The highest BCUT2D eigenvalue weighted by molar-refractivity contribution is 6.05. The van der Waals surface area contributed by atoms with Gasteiger partial charge in [0.1, 0.15) is 0 Å². The highest BCUT2D eigenvalue weighted by Crippen LogP contribution is 2.31. The molecule has 124 valence electrons. The fraction of sp³-hybridized carbons (Fsp3) is 0.235. The summed E-state index contributed by atoms with van der Waals surface area (Å²) >= 11 is 0. The van der Waals surface area contributed by atoms with Crippen LogP contribution in [0.5, 0.6) is 0 Å². The van der Waals surface area contributed by atoms with E-state index in [2.05, 4.69) is 5.32 Å². The van der Waals surface area contributed by atoms with Gasteiger partial charge in [0.25, 0.3) is 5.91 Å². The summed E-state index contributed by atoms with van der Waals surface area (Å²) in [7, 11) is 0. The van der Waals surface area contributed by atoms with Crippen molar-refractivity contribution in [1.82, 2.24) is 0 Å². The van der Waals surface area contributed by atoms with E-state index in [1.807, 2.05) is 0 Å². The molecule has 1 aliphatic heterocycles. The van der Waals surface area contributed by atoms with Gasteiger partial charge in [-0.05, 0) is 31.2 Å². The summed E-state index contributed by atoms with van der Waals surface area (Å²) < 4.78 is 9.93. The van der Waals surface area contributed by atoms with Crippen LogP contribution in [0, 0.1) is 0 Å². The second-order valence-corrected chi connectivity index (χ2v) is 5.44. The Labute approximate surface area is 138 Å². The summed E-state index contributed by atoms with van der Waals surface area (Å²) in [5.41, 5.74) is 1.13. The number of nitrogens with one attached hydrogen (secondary N) is 1. The Morgan fingerprint density at radius 1 is 1.29 bits per heavy atom. The van der Waals surface area contributed by atoms with Gasteiger partial charge in [-0.2, -0.15) is 0 Å². The first-order valence-electron chi connectivity index (χ1n) is 7.48. The Morgan fingerprint density at radius 3 is 2.83 bits per heavy atom. The largest absolute Gasteiger partial charge is 0.457 e. The quantitative estimate of drug-likeness (QED) is 0.873. The van der Waals surface area contributed by atoms with Crippen LogP contribution in [0.25, 0.3) is 0 Å². The van der Waals surface area contributed by atoms with Gasteiger partial charge in [0.05, 0.1) is 17.6 Å². The van der Waals surface area contributed by atoms with Gasteiger partial charge < -0.3 is 19.4 Å². The Bertz CT molecular complexity index is 769. The number of hydrogen-bond acceptors (Lipinski definition) is 5. The first-order chi connectivity index (χ1) is 11.6. The third kappa shape index (κ3) is 3.15. The van der Waals surface area contributed by atoms with Crippen molar-refractivity contribution < 1.29 is 23.5 Å². The number of para-hydroxylation sites is 2. The van der Waals surface area contributed by atoms with Crippen molar-refractivity contribution in [3.63, 3.8) is 0 Å². The predicted molar refractivity (Wildman–Crippen MR) is 85.6 cm³/mol. The summed E-state index contributed by atoms with van der Waals surface area (Å²) in [5, 5.41) is 2.77. The van der Waals surface area contributed by atoms with Crippen molar-refractivity contribution in [2.75, 3.05) is 16.8 Å². The molecule has 2 amide bonds. The van der Waals surface area contributed by atoms with Gasteiger partial charge >= 0.3 is 5.97 Å². The van der Waals surface area contributed by atoms with Crippen molar-refractivity contribution in [2.24, 2.45) is 0 Å². The molecular formula is C17H16N2O5. The zero-order chi connectivity index (χ0) is 17.1. The number of anilines is 2. The topological polar surface area (TPSA) is 88.9 Å². The number of ether oxygens (including phenoxy) is 1. The number of hydrogen-bond donors (Lipinski definition) is 1. The maximum absolute atomic E-state index is 12.6. The van der Waals surface area contributed by atoms with Crippen LogP contribution in [-0.4, -0.2) is 30.4 Å². The van der Waals surface area contributed by atoms with Gasteiger partial charge in [0.15, 0.2) is 6.61 Å². The van der Waals surface area contributed by atoms with Crippen molar-refractivity contribution in [2.45, 2.75) is 19.4 Å². The molecular weight excluding hydrogens is 312 g/mol. The van der Waals surface area contributed by atoms with Crippen molar-refractivity contribution in [1.29, 1.82) is 0 Å². The summed E-state index contributed by atoms with van der Waals surface area (Å²) in [6.07, 6.45) is 1.51. The second-order valence-electron chi connectivity index (χ2n) is 5.44. The number of nitrogens with zero attached hydrogens (tertiary/aromatic N) is 1. The molecule has 7 heteroatoms. The molecule has 0 fully saturated rings. The van der Waals surface area contributed by atoms with E-state index in [-0.39, 0.29) is 24.1 Å². The first-order valence-corrected chi connectivity index (χ1v) is 7.48. The first kappa shape index (κ1) is 15.8. The van der Waals surface area contributed by atoms with E-state index < -0.39 is 18.5 Å². The molecule has 0 spiro atoms. The third-order valence-electron chi connectivity index (χ3n) is 3.68. The molecule has 1 atom stereocenters. The normalized spacial score (nSPS) is 16.8. The van der Waals surface area contributed by atoms with E-state index in [0.29, 0.717) is 11.4 Å². The molecule has 1 N–H and O–H groups in total. The fourth-order valence-corrected chi connectivity index (χ4v) is 2.63. The molecule has 0 bridgehead atoms. The molecule has 2 aromatic rings. The number of carbonyl (C=O) groups is 3. The molecule has 0 saturated heterocycles. The number of carbonyl (C=O) groups excluding carboxylic acids is 3. The maximum atomic E-state index is 12.6. The highest BCUT2D eigenvalue weighted by Gasteiger charge is 2.30. The minimum atomic E-state index is -0.710. The Hall–Kier alpha value is -3.09. The molecule has 24 heavy (non-hydrogen) atoms. The molecule has 0 aliphatic carbocycles. The zero-order valence-corrected chi connectivity index (χ0v) is 13.0. The molecule has 1 aromatic heterocycles. The average molecular weight is 328 g/mol. The van der Waals surface area contributed by atoms with Crippen LogP contribution >= 0.6 is 0 Å². The lowest BCUT2D eigenvalue weighted by molar-refractivity contribution is -0.122. The molecule has 1 aliphatic rings. The van der Waals surface area contributed by atoms with Crippen molar-refractivity contribution >= 4 is 29.2 Å². The minimum absolute atomic E-state index is 0.0314. The number of esters is 1. The molecule has 2 heterocycles. The number of rotatable bonds is 3. The minimum Gasteiger partial charge on any atom is -0.457 e. The molecule has 0 unspecified atom stereocenters. The maximum Gasteiger partial charge on any atom is 0.374 e. The van der Waals surface area contributed by atoms with Crippen LogP contribution in [0.2, 0.25) is 0 Å². The van der Waals surface area contributed by atoms with Gasteiger partial charge in [-0.25, -0.2) is 4.79 Å². The summed E-state index contributed by atoms with van der Waals surface area (Å²) in [6, 6.07) is 9.67. The van der Waals surface area contributed by atoms with Crippen molar-refractivity contribution in [3.05, 3.63) is 48.4 Å². The standard InChI is InChI=1S/C17H16N2O5/c1-11-9-15(20)18-12-5-2-3-6-13(12)19(11)16(21)10-24-17(22)14-7-4-8-23-14/h2-8,11H,9-10H2,1H3,(H,18,20)/t11-/m1/s1. The molecule has 3 rings (SSSR count). The van der Waals surface area contributed by atoms with Crippen LogP contribution in [0.3, 0.4) is 0 Å². The number of benzene rings is 1. The van der Waals surface area contributed by atoms with E-state index in [9.17, 15) is 14.4 Å². The second kappa shape index (κ2) is 6.57. The molecule has 1 aromatic carbocycles. The summed E-state index contributed by atoms with van der Waals surface area (Å²) in [4.78, 5) is 37.7. The summed E-state index contributed by atoms with van der Waals surface area (Å²) in [6.45, 7) is 1.33. The van der Waals surface area contributed by atoms with Gasteiger partial charge in [-0.1, -0.05) is 12.1 Å². The van der Waals surface area contributed by atoms with E-state index in [1.54, 1.807) is 37.3 Å². The number of furan rings is 1.